The van der Waals surface area contributed by atoms with Crippen molar-refractivity contribution < 1.29 is 17.9 Å². The Morgan fingerprint density at radius 2 is 1.80 bits per heavy atom. The highest BCUT2D eigenvalue weighted by atomic mass is 32.2. The van der Waals surface area contributed by atoms with Crippen molar-refractivity contribution in [2.45, 2.75) is 30.8 Å². The molecule has 5 nitrogen and oxygen atoms in total. The maximum Gasteiger partial charge on any atom is 0.267 e. The van der Waals surface area contributed by atoms with Crippen LogP contribution in [0.3, 0.4) is 0 Å². The zero-order valence-electron chi connectivity index (χ0n) is 14.3. The molecule has 1 amide bonds. The number of sulfone groups is 1. The number of anilines is 1. The number of hydrogen-bond donors (Lipinski definition) is 0. The molecule has 1 heterocycles. The number of benzene rings is 2. The van der Waals surface area contributed by atoms with Gasteiger partial charge >= 0.3 is 0 Å². The molecule has 0 fully saturated rings. The van der Waals surface area contributed by atoms with Crippen molar-refractivity contribution in [2.75, 3.05) is 17.7 Å². The second kappa shape index (κ2) is 6.88. The summed E-state index contributed by atoms with van der Waals surface area (Å²) in [5.74, 6) is 0.373. The monoisotopic (exact) mass is 359 g/mol. The molecule has 132 valence electrons. The molecule has 0 saturated carbocycles. The molecule has 6 heteroatoms. The van der Waals surface area contributed by atoms with E-state index in [1.165, 1.54) is 17.7 Å². The third kappa shape index (κ3) is 3.85. The number of ether oxygens (including phenoxy) is 1. The first-order chi connectivity index (χ1) is 11.9. The molecule has 2 aromatic rings. The van der Waals surface area contributed by atoms with Gasteiger partial charge in [0.1, 0.15) is 5.75 Å². The van der Waals surface area contributed by atoms with Gasteiger partial charge in [0.25, 0.3) is 5.91 Å². The lowest BCUT2D eigenvalue weighted by atomic mass is 10.0. The van der Waals surface area contributed by atoms with Crippen molar-refractivity contribution in [1.82, 2.24) is 0 Å². The molecule has 0 aliphatic carbocycles. The van der Waals surface area contributed by atoms with Crippen LogP contribution in [-0.2, 0) is 21.1 Å². The van der Waals surface area contributed by atoms with Crippen LogP contribution in [0.15, 0.2) is 53.4 Å². The van der Waals surface area contributed by atoms with Crippen LogP contribution in [0.5, 0.6) is 5.75 Å². The summed E-state index contributed by atoms with van der Waals surface area (Å²) in [6, 6.07) is 14.0. The Kier molecular flexibility index (Phi) is 4.81. The molecule has 0 saturated heterocycles. The van der Waals surface area contributed by atoms with E-state index in [1.807, 2.05) is 24.3 Å². The van der Waals surface area contributed by atoms with E-state index in [0.717, 1.165) is 24.8 Å². The Labute approximate surface area is 148 Å². The minimum atomic E-state index is -3.25. The number of hydrogen-bond acceptors (Lipinski definition) is 4. The fourth-order valence-corrected chi connectivity index (χ4v) is 3.63. The number of nitrogens with zero attached hydrogens (tertiary/aromatic N) is 1. The molecular weight excluding hydrogens is 338 g/mol. The molecular formula is C19H21NO4S. The van der Waals surface area contributed by atoms with Crippen LogP contribution < -0.4 is 9.64 Å². The van der Waals surface area contributed by atoms with E-state index in [-0.39, 0.29) is 10.8 Å². The van der Waals surface area contributed by atoms with E-state index in [1.54, 1.807) is 24.0 Å². The normalized spacial score (nSPS) is 15.4. The quantitative estimate of drug-likeness (QED) is 0.842. The van der Waals surface area contributed by atoms with Crippen molar-refractivity contribution >= 4 is 21.4 Å². The molecule has 0 spiro atoms. The molecule has 1 atom stereocenters. The third-order valence-corrected chi connectivity index (χ3v) is 5.42. The fraction of sp³-hybridized carbons (Fsp3) is 0.316. The smallest absolute Gasteiger partial charge is 0.267 e. The maximum absolute atomic E-state index is 12.8. The van der Waals surface area contributed by atoms with E-state index >= 15 is 0 Å². The predicted molar refractivity (Wildman–Crippen MR) is 96.8 cm³/mol. The zero-order valence-corrected chi connectivity index (χ0v) is 15.1. The van der Waals surface area contributed by atoms with Gasteiger partial charge in [-0.1, -0.05) is 18.2 Å². The molecule has 0 N–H and O–H groups in total. The third-order valence-electron chi connectivity index (χ3n) is 4.29. The van der Waals surface area contributed by atoms with Crippen molar-refractivity contribution in [2.24, 2.45) is 0 Å². The molecule has 0 radical (unpaired) electrons. The van der Waals surface area contributed by atoms with E-state index < -0.39 is 15.9 Å². The molecule has 25 heavy (non-hydrogen) atoms. The fourth-order valence-electron chi connectivity index (χ4n) is 3.00. The van der Waals surface area contributed by atoms with Gasteiger partial charge in [-0.05, 0) is 55.7 Å². The lowest BCUT2D eigenvalue weighted by molar-refractivity contribution is -0.124. The van der Waals surface area contributed by atoms with Crippen LogP contribution in [0.25, 0.3) is 0 Å². The lowest BCUT2D eigenvalue weighted by Crippen LogP contribution is -2.43. The first-order valence-corrected chi connectivity index (χ1v) is 10.1. The van der Waals surface area contributed by atoms with Gasteiger partial charge in [-0.3, -0.25) is 4.79 Å². The van der Waals surface area contributed by atoms with Crippen LogP contribution in [0.2, 0.25) is 0 Å². The van der Waals surface area contributed by atoms with Crippen LogP contribution in [-0.4, -0.2) is 33.2 Å². The van der Waals surface area contributed by atoms with Crippen LogP contribution in [0, 0.1) is 0 Å². The molecule has 1 aliphatic rings. The topological polar surface area (TPSA) is 63.7 Å². The first-order valence-electron chi connectivity index (χ1n) is 8.22. The zero-order chi connectivity index (χ0) is 18.0. The SMILES string of the molecule is CC(Oc1ccc(S(C)(=O)=O)cc1)C(=O)N1CCCc2ccccc21. The Balaban J connectivity index is 1.74. The van der Waals surface area contributed by atoms with Gasteiger partial charge in [0.15, 0.2) is 15.9 Å². The number of para-hydroxylation sites is 1. The number of rotatable bonds is 4. The molecule has 3 rings (SSSR count). The van der Waals surface area contributed by atoms with E-state index in [2.05, 4.69) is 0 Å². The number of carbonyl (C=O) groups excluding carboxylic acids is 1. The van der Waals surface area contributed by atoms with Gasteiger partial charge in [0.05, 0.1) is 4.90 Å². The van der Waals surface area contributed by atoms with Gasteiger partial charge in [0, 0.05) is 18.5 Å². The number of fused-ring (bicyclic) bond motifs is 1. The van der Waals surface area contributed by atoms with Crippen molar-refractivity contribution in [3.63, 3.8) is 0 Å². The molecule has 0 bridgehead atoms. The minimum Gasteiger partial charge on any atom is -0.481 e. The standard InChI is InChI=1S/C19H21NO4S/c1-14(24-16-9-11-17(12-10-16)25(2,22)23)19(21)20-13-5-7-15-6-3-4-8-18(15)20/h3-4,6,8-12,14H,5,7,13H2,1-2H3. The average Bonchev–Trinajstić information content (AvgIpc) is 2.60. The van der Waals surface area contributed by atoms with Gasteiger partial charge in [-0.25, -0.2) is 8.42 Å². The highest BCUT2D eigenvalue weighted by molar-refractivity contribution is 7.90. The van der Waals surface area contributed by atoms with Crippen LogP contribution in [0.1, 0.15) is 18.9 Å². The summed E-state index contributed by atoms with van der Waals surface area (Å²) in [5.41, 5.74) is 2.12. The van der Waals surface area contributed by atoms with Gasteiger partial charge in [0.2, 0.25) is 0 Å². The number of amides is 1. The van der Waals surface area contributed by atoms with Crippen LogP contribution in [0.4, 0.5) is 5.69 Å². The van der Waals surface area contributed by atoms with Crippen molar-refractivity contribution in [3.05, 3.63) is 54.1 Å². The number of aryl methyl sites for hydroxylation is 1. The van der Waals surface area contributed by atoms with E-state index in [4.69, 9.17) is 4.74 Å². The molecule has 0 aromatic heterocycles. The Hall–Kier alpha value is -2.34. The van der Waals surface area contributed by atoms with Crippen molar-refractivity contribution in [1.29, 1.82) is 0 Å². The summed E-state index contributed by atoms with van der Waals surface area (Å²) in [5, 5.41) is 0. The maximum atomic E-state index is 12.8. The second-order valence-corrected chi connectivity index (χ2v) is 8.24. The van der Waals surface area contributed by atoms with Crippen molar-refractivity contribution in [3.8, 4) is 5.75 Å². The van der Waals surface area contributed by atoms with Gasteiger partial charge in [-0.2, -0.15) is 0 Å². The molecule has 1 unspecified atom stereocenters. The average molecular weight is 359 g/mol. The lowest BCUT2D eigenvalue weighted by Gasteiger charge is -2.31. The Morgan fingerprint density at radius 3 is 2.48 bits per heavy atom. The summed E-state index contributed by atoms with van der Waals surface area (Å²) in [6.45, 7) is 2.39. The second-order valence-electron chi connectivity index (χ2n) is 6.23. The summed E-state index contributed by atoms with van der Waals surface area (Å²) >= 11 is 0. The Morgan fingerprint density at radius 1 is 1.12 bits per heavy atom. The summed E-state index contributed by atoms with van der Waals surface area (Å²) in [6.07, 6.45) is 2.40. The summed E-state index contributed by atoms with van der Waals surface area (Å²) < 4.78 is 28.7. The Bertz CT molecular complexity index is 875. The minimum absolute atomic E-state index is 0.0978. The first kappa shape index (κ1) is 17.5. The molecule has 1 aliphatic heterocycles. The van der Waals surface area contributed by atoms with Crippen LogP contribution >= 0.6 is 0 Å². The predicted octanol–water partition coefficient (Wildman–Crippen LogP) is 2.84. The largest absolute Gasteiger partial charge is 0.481 e. The number of carbonyl (C=O) groups is 1. The highest BCUT2D eigenvalue weighted by Gasteiger charge is 2.27. The molecule has 2 aromatic carbocycles. The summed E-state index contributed by atoms with van der Waals surface area (Å²) in [7, 11) is -3.25. The highest BCUT2D eigenvalue weighted by Crippen LogP contribution is 2.28. The summed E-state index contributed by atoms with van der Waals surface area (Å²) in [4.78, 5) is 14.8. The van der Waals surface area contributed by atoms with Gasteiger partial charge < -0.3 is 9.64 Å². The van der Waals surface area contributed by atoms with E-state index in [9.17, 15) is 13.2 Å². The van der Waals surface area contributed by atoms with Gasteiger partial charge in [-0.15, -0.1) is 0 Å². The van der Waals surface area contributed by atoms with E-state index in [0.29, 0.717) is 12.3 Å².